The number of hydrogen-bond acceptors (Lipinski definition) is 9. The van der Waals surface area contributed by atoms with Gasteiger partial charge in [0.15, 0.2) is 0 Å². The molecule has 280 valence electrons. The summed E-state index contributed by atoms with van der Waals surface area (Å²) in [5.74, 6) is 1.84. The highest BCUT2D eigenvalue weighted by atomic mass is 32.2. The van der Waals surface area contributed by atoms with E-state index in [-0.39, 0.29) is 36.2 Å². The Balaban J connectivity index is 0.000000306. The first kappa shape index (κ1) is 38.6. The van der Waals surface area contributed by atoms with E-state index < -0.39 is 10.0 Å². The average molecular weight is 730 g/mol. The number of benzene rings is 2. The maximum absolute atomic E-state index is 13.5. The van der Waals surface area contributed by atoms with Crippen molar-refractivity contribution in [3.63, 3.8) is 0 Å². The maximum Gasteiger partial charge on any atom is 0.264 e. The molecule has 12 heteroatoms. The molecule has 2 aromatic carbocycles. The van der Waals surface area contributed by atoms with Crippen LogP contribution in [0.2, 0.25) is 0 Å². The van der Waals surface area contributed by atoms with E-state index in [4.69, 9.17) is 4.74 Å². The van der Waals surface area contributed by atoms with Gasteiger partial charge >= 0.3 is 0 Å². The van der Waals surface area contributed by atoms with E-state index >= 15 is 0 Å². The van der Waals surface area contributed by atoms with Crippen LogP contribution >= 0.6 is 0 Å². The monoisotopic (exact) mass is 729 g/mol. The van der Waals surface area contributed by atoms with Crippen LogP contribution in [-0.4, -0.2) is 70.9 Å². The largest absolute Gasteiger partial charge is 0.472 e. The predicted octanol–water partition coefficient (Wildman–Crippen LogP) is 8.10. The molecular formula is C40H55N7O4S. The fourth-order valence-electron chi connectivity index (χ4n) is 6.60. The molecule has 1 aliphatic carbocycles. The number of anilines is 2. The van der Waals surface area contributed by atoms with Crippen molar-refractivity contribution in [1.82, 2.24) is 24.8 Å². The second-order valence-corrected chi connectivity index (χ2v) is 16.2. The van der Waals surface area contributed by atoms with Gasteiger partial charge in [0.05, 0.1) is 23.3 Å². The van der Waals surface area contributed by atoms with Crippen molar-refractivity contribution < 1.29 is 19.4 Å². The number of nitrogens with one attached hydrogen (secondary N) is 1. The molecule has 4 heterocycles. The molecule has 1 amide bonds. The van der Waals surface area contributed by atoms with Gasteiger partial charge in [0.25, 0.3) is 15.9 Å². The van der Waals surface area contributed by atoms with Crippen molar-refractivity contribution in [2.75, 3.05) is 23.2 Å². The standard InChI is InChI=1S/C27H30N4O4S.C9H13N3.C4H10.H2/c1-4-7-20-12-13-21-16-31(20)26(32)19-10-6-11-22(14-19)36(33,34)30-27-28-23(15-24(29-27)35-21)25-17(2)8-5-9-18(25)3;1-12(8-3-2-4-8)9-7-10-5-6-11-9;1-4(2)3;/h5-6,8-11,14-15,20-21H,4,7,12-13,16H2,1-3H3,(H,28,29,30);5-8H,2-4H2,1H3;4H,1-3H3;1H/t20?,21-;;;/m0.../s1. The van der Waals surface area contributed by atoms with Gasteiger partial charge in [-0.15, -0.1) is 0 Å². The number of nitrogens with zero attached hydrogens (tertiary/aromatic N) is 6. The molecule has 1 saturated carbocycles. The highest BCUT2D eigenvalue weighted by Crippen LogP contribution is 2.32. The van der Waals surface area contributed by atoms with Crippen molar-refractivity contribution in [3.05, 3.63) is 83.8 Å². The lowest BCUT2D eigenvalue weighted by atomic mass is 9.92. The molecule has 2 fully saturated rings. The van der Waals surface area contributed by atoms with E-state index in [1.807, 2.05) is 43.1 Å². The van der Waals surface area contributed by atoms with Crippen LogP contribution in [0.15, 0.2) is 72.0 Å². The lowest BCUT2D eigenvalue weighted by Crippen LogP contribution is -2.50. The highest BCUT2D eigenvalue weighted by Gasteiger charge is 2.34. The third kappa shape index (κ3) is 9.64. The normalized spacial score (nSPS) is 19.1. The lowest BCUT2D eigenvalue weighted by molar-refractivity contribution is 0.0319. The van der Waals surface area contributed by atoms with Gasteiger partial charge in [-0.3, -0.25) is 9.78 Å². The fraction of sp³-hybridized carbons (Fsp3) is 0.475. The van der Waals surface area contributed by atoms with Crippen LogP contribution in [0.5, 0.6) is 5.88 Å². The molecule has 2 aromatic heterocycles. The molecule has 0 spiro atoms. The zero-order valence-electron chi connectivity index (χ0n) is 31.5. The number of rotatable bonds is 5. The Kier molecular flexibility index (Phi) is 12.9. The van der Waals surface area contributed by atoms with Crippen LogP contribution in [-0.2, 0) is 10.0 Å². The minimum Gasteiger partial charge on any atom is -0.472 e. The Hall–Kier alpha value is -4.58. The molecular weight excluding hydrogens is 675 g/mol. The van der Waals surface area contributed by atoms with Gasteiger partial charge in [-0.25, -0.2) is 23.1 Å². The first-order valence-electron chi connectivity index (χ1n) is 18.4. The summed E-state index contributed by atoms with van der Waals surface area (Å²) >= 11 is 0. The Labute approximate surface area is 310 Å². The first-order chi connectivity index (χ1) is 24.9. The summed E-state index contributed by atoms with van der Waals surface area (Å²) in [5.41, 5.74) is 3.83. The minimum atomic E-state index is -4.05. The number of amides is 1. The molecule has 1 N–H and O–H groups in total. The van der Waals surface area contributed by atoms with Crippen molar-refractivity contribution in [2.45, 2.75) is 110 Å². The summed E-state index contributed by atoms with van der Waals surface area (Å²) in [5, 5.41) is 0. The van der Waals surface area contributed by atoms with Crippen LogP contribution in [0.25, 0.3) is 11.3 Å². The van der Waals surface area contributed by atoms with Crippen LogP contribution in [0.4, 0.5) is 11.8 Å². The molecule has 2 atom stereocenters. The van der Waals surface area contributed by atoms with Crippen LogP contribution in [0, 0.1) is 19.8 Å². The van der Waals surface area contributed by atoms with E-state index in [1.165, 1.54) is 31.4 Å². The quantitative estimate of drug-likeness (QED) is 0.217. The van der Waals surface area contributed by atoms with Gasteiger partial charge in [0.2, 0.25) is 11.8 Å². The second kappa shape index (κ2) is 17.3. The summed E-state index contributed by atoms with van der Waals surface area (Å²) in [6.45, 7) is 13.0. The Morgan fingerprint density at radius 3 is 2.35 bits per heavy atom. The Bertz CT molecular complexity index is 1900. The zero-order chi connectivity index (χ0) is 37.4. The molecule has 11 nitrogen and oxygen atoms in total. The number of ether oxygens (including phenoxy) is 1. The van der Waals surface area contributed by atoms with Crippen LogP contribution < -0.4 is 14.4 Å². The third-order valence-electron chi connectivity index (χ3n) is 9.42. The fourth-order valence-corrected chi connectivity index (χ4v) is 7.59. The van der Waals surface area contributed by atoms with Gasteiger partial charge in [0.1, 0.15) is 11.9 Å². The first-order valence-corrected chi connectivity index (χ1v) is 19.9. The van der Waals surface area contributed by atoms with Gasteiger partial charge < -0.3 is 14.5 Å². The summed E-state index contributed by atoms with van der Waals surface area (Å²) in [4.78, 5) is 34.8. The number of fused-ring (bicyclic) bond motifs is 6. The van der Waals surface area contributed by atoms with Crippen molar-refractivity contribution in [2.24, 2.45) is 5.92 Å². The number of sulfonamides is 1. The van der Waals surface area contributed by atoms with E-state index in [9.17, 15) is 13.2 Å². The van der Waals surface area contributed by atoms with Crippen molar-refractivity contribution in [1.29, 1.82) is 0 Å². The zero-order valence-corrected chi connectivity index (χ0v) is 32.4. The van der Waals surface area contributed by atoms with Crippen molar-refractivity contribution >= 4 is 27.7 Å². The molecule has 6 bridgehead atoms. The molecule has 52 heavy (non-hydrogen) atoms. The molecule has 2 aliphatic heterocycles. The van der Waals surface area contributed by atoms with Gasteiger partial charge in [-0.2, -0.15) is 4.98 Å². The number of hydrogen-bond donors (Lipinski definition) is 1. The van der Waals surface area contributed by atoms with Crippen LogP contribution in [0.3, 0.4) is 0 Å². The summed E-state index contributed by atoms with van der Waals surface area (Å²) in [6, 6.07) is 14.6. The predicted molar refractivity (Wildman–Crippen MR) is 208 cm³/mol. The molecule has 7 rings (SSSR count). The third-order valence-corrected chi connectivity index (χ3v) is 10.7. The summed E-state index contributed by atoms with van der Waals surface area (Å²) < 4.78 is 35.4. The lowest BCUT2D eigenvalue weighted by Gasteiger charge is -2.39. The smallest absolute Gasteiger partial charge is 0.264 e. The maximum atomic E-state index is 13.5. The number of piperidine rings is 1. The van der Waals surface area contributed by atoms with Gasteiger partial charge in [-0.1, -0.05) is 58.4 Å². The van der Waals surface area contributed by atoms with E-state index in [1.54, 1.807) is 30.6 Å². The molecule has 0 radical (unpaired) electrons. The minimum absolute atomic E-state index is 0. The SMILES string of the molecule is CC(C)C.CCCC1CC[C@H]2CN1C(=O)c1cccc(c1)S(=O)(=O)Nc1nc(cc(-c3c(C)cccc3C)n1)O2.CN(c1cnccn1)C1CCC1.[HH]. The number of aromatic nitrogens is 4. The number of carbonyl (C=O) groups is 1. The van der Waals surface area contributed by atoms with E-state index in [0.29, 0.717) is 23.8 Å². The highest BCUT2D eigenvalue weighted by molar-refractivity contribution is 7.92. The molecule has 4 aromatic rings. The van der Waals surface area contributed by atoms with Crippen molar-refractivity contribution in [3.8, 4) is 17.1 Å². The van der Waals surface area contributed by atoms with Crippen LogP contribution in [0.1, 0.15) is 95.6 Å². The Morgan fingerprint density at radius 2 is 1.71 bits per heavy atom. The Morgan fingerprint density at radius 1 is 1.00 bits per heavy atom. The average Bonchev–Trinajstić information content (AvgIpc) is 3.08. The van der Waals surface area contributed by atoms with E-state index in [2.05, 4.69) is 64.3 Å². The summed E-state index contributed by atoms with van der Waals surface area (Å²) in [7, 11) is -1.96. The molecule has 1 unspecified atom stereocenters. The summed E-state index contributed by atoms with van der Waals surface area (Å²) in [6.07, 6.45) is 12.4. The molecule has 3 aliphatic rings. The topological polar surface area (TPSA) is 131 Å². The second-order valence-electron chi connectivity index (χ2n) is 14.5. The van der Waals surface area contributed by atoms with Gasteiger partial charge in [0, 0.05) is 50.1 Å². The molecule has 1 saturated heterocycles. The number of carbonyl (C=O) groups excluding carboxylic acids is 1. The van der Waals surface area contributed by atoms with Gasteiger partial charge in [-0.05, 0) is 87.6 Å². The number of aryl methyl sites for hydroxylation is 2. The van der Waals surface area contributed by atoms with E-state index in [0.717, 1.165) is 54.1 Å².